The Kier molecular flexibility index (Phi) is 4.13. The quantitative estimate of drug-likeness (QED) is 0.908. The van der Waals surface area contributed by atoms with Crippen LogP contribution in [-0.4, -0.2) is 13.4 Å². The minimum absolute atomic E-state index is 0.0284. The van der Waals surface area contributed by atoms with Gasteiger partial charge in [0.1, 0.15) is 4.90 Å². The molecule has 0 atom stereocenters. The average Bonchev–Trinajstić information content (AvgIpc) is 2.31. The number of rotatable bonds is 3. The zero-order valence-corrected chi connectivity index (χ0v) is 13.1. The summed E-state index contributed by atoms with van der Waals surface area (Å²) in [5.74, 6) is 0. The molecule has 19 heavy (non-hydrogen) atoms. The minimum atomic E-state index is -3.73. The van der Waals surface area contributed by atoms with Crippen molar-refractivity contribution in [1.82, 2.24) is 4.98 Å². The predicted octanol–water partition coefficient (Wildman–Crippen LogP) is 3.61. The summed E-state index contributed by atoms with van der Waals surface area (Å²) in [5.41, 5.74) is 1.03. The summed E-state index contributed by atoms with van der Waals surface area (Å²) in [7, 11) is -3.73. The first-order chi connectivity index (χ1) is 8.90. The number of sulfonamides is 1. The van der Waals surface area contributed by atoms with Crippen LogP contribution < -0.4 is 4.72 Å². The van der Waals surface area contributed by atoms with E-state index in [4.69, 9.17) is 11.6 Å². The lowest BCUT2D eigenvalue weighted by Gasteiger charge is -2.11. The van der Waals surface area contributed by atoms with Gasteiger partial charge in [0.2, 0.25) is 0 Å². The van der Waals surface area contributed by atoms with E-state index in [0.717, 1.165) is 0 Å². The number of hydrogen-bond acceptors (Lipinski definition) is 3. The Morgan fingerprint density at radius 1 is 1.32 bits per heavy atom. The third-order valence-corrected chi connectivity index (χ3v) is 4.78. The van der Waals surface area contributed by atoms with Crippen molar-refractivity contribution in [3.05, 3.63) is 51.7 Å². The molecule has 0 fully saturated rings. The molecule has 7 heteroatoms. The summed E-state index contributed by atoms with van der Waals surface area (Å²) >= 11 is 9.19. The van der Waals surface area contributed by atoms with Crippen molar-refractivity contribution in [3.63, 3.8) is 0 Å². The molecule has 0 unspecified atom stereocenters. The van der Waals surface area contributed by atoms with Crippen molar-refractivity contribution in [3.8, 4) is 0 Å². The molecule has 2 rings (SSSR count). The van der Waals surface area contributed by atoms with Crippen molar-refractivity contribution in [2.24, 2.45) is 0 Å². The molecule has 0 aliphatic rings. The highest BCUT2D eigenvalue weighted by Gasteiger charge is 2.19. The molecular formula is C12H10BrClN2O2S. The number of aryl methyl sites for hydroxylation is 1. The number of anilines is 1. The zero-order chi connectivity index (χ0) is 14.0. The van der Waals surface area contributed by atoms with Crippen molar-refractivity contribution in [2.75, 3.05) is 4.72 Å². The van der Waals surface area contributed by atoms with Gasteiger partial charge in [0, 0.05) is 10.7 Å². The van der Waals surface area contributed by atoms with Gasteiger partial charge in [-0.1, -0.05) is 27.5 Å². The van der Waals surface area contributed by atoms with E-state index in [1.54, 1.807) is 31.3 Å². The second-order valence-electron chi connectivity index (χ2n) is 3.82. The molecule has 100 valence electrons. The minimum Gasteiger partial charge on any atom is -0.278 e. The van der Waals surface area contributed by atoms with E-state index in [9.17, 15) is 8.42 Å². The van der Waals surface area contributed by atoms with Crippen LogP contribution in [0.5, 0.6) is 0 Å². The molecule has 4 nitrogen and oxygen atoms in total. The average molecular weight is 362 g/mol. The SMILES string of the molecule is Cc1ncccc1NS(=O)(=O)c1ccc(Br)cc1Cl. The molecule has 0 radical (unpaired) electrons. The highest BCUT2D eigenvalue weighted by atomic mass is 79.9. The maximum Gasteiger partial charge on any atom is 0.263 e. The van der Waals surface area contributed by atoms with E-state index in [2.05, 4.69) is 25.6 Å². The van der Waals surface area contributed by atoms with Crippen LogP contribution in [0.1, 0.15) is 5.69 Å². The van der Waals surface area contributed by atoms with Gasteiger partial charge in [-0.15, -0.1) is 0 Å². The first-order valence-corrected chi connectivity index (χ1v) is 7.95. The van der Waals surface area contributed by atoms with Gasteiger partial charge >= 0.3 is 0 Å². The molecule has 2 aromatic rings. The summed E-state index contributed by atoms with van der Waals surface area (Å²) < 4.78 is 27.7. The fourth-order valence-corrected chi connectivity index (χ4v) is 3.64. The van der Waals surface area contributed by atoms with Gasteiger partial charge in [-0.2, -0.15) is 0 Å². The molecule has 1 aromatic carbocycles. The van der Waals surface area contributed by atoms with Crippen molar-refractivity contribution in [2.45, 2.75) is 11.8 Å². The maximum atomic E-state index is 12.2. The van der Waals surface area contributed by atoms with Crippen LogP contribution in [0.4, 0.5) is 5.69 Å². The summed E-state index contributed by atoms with van der Waals surface area (Å²) in [6, 6.07) is 7.91. The Bertz CT molecular complexity index is 719. The van der Waals surface area contributed by atoms with Gasteiger partial charge in [-0.25, -0.2) is 8.42 Å². The van der Waals surface area contributed by atoms with E-state index in [0.29, 0.717) is 15.9 Å². The van der Waals surface area contributed by atoms with Crippen LogP contribution in [-0.2, 0) is 10.0 Å². The van der Waals surface area contributed by atoms with Gasteiger partial charge in [0.05, 0.1) is 16.4 Å². The van der Waals surface area contributed by atoms with Crippen LogP contribution in [0.3, 0.4) is 0 Å². The second kappa shape index (κ2) is 5.48. The molecule has 0 spiro atoms. The summed E-state index contributed by atoms with van der Waals surface area (Å²) in [6.45, 7) is 1.72. The van der Waals surface area contributed by atoms with Gasteiger partial charge in [-0.3, -0.25) is 9.71 Å². The topological polar surface area (TPSA) is 59.1 Å². The fraction of sp³-hybridized carbons (Fsp3) is 0.0833. The maximum absolute atomic E-state index is 12.2. The lowest BCUT2D eigenvalue weighted by atomic mass is 10.3. The third-order valence-electron chi connectivity index (χ3n) is 2.43. The molecule has 0 amide bonds. The number of nitrogens with zero attached hydrogens (tertiary/aromatic N) is 1. The Morgan fingerprint density at radius 3 is 2.68 bits per heavy atom. The van der Waals surface area contributed by atoms with Gasteiger partial charge in [0.15, 0.2) is 0 Å². The number of halogens is 2. The number of nitrogens with one attached hydrogen (secondary N) is 1. The molecule has 0 aliphatic carbocycles. The second-order valence-corrected chi connectivity index (χ2v) is 6.79. The monoisotopic (exact) mass is 360 g/mol. The van der Waals surface area contributed by atoms with Crippen molar-refractivity contribution < 1.29 is 8.42 Å². The predicted molar refractivity (Wildman–Crippen MR) is 78.9 cm³/mol. The number of benzene rings is 1. The number of aromatic nitrogens is 1. The number of hydrogen-bond donors (Lipinski definition) is 1. The van der Waals surface area contributed by atoms with Crippen LogP contribution in [0, 0.1) is 6.92 Å². The molecule has 1 N–H and O–H groups in total. The van der Waals surface area contributed by atoms with Gasteiger partial charge in [0.25, 0.3) is 10.0 Å². The molecular weight excluding hydrogens is 352 g/mol. The standard InChI is InChI=1S/C12H10BrClN2O2S/c1-8-11(3-2-6-15-8)16-19(17,18)12-5-4-9(13)7-10(12)14/h2-7,16H,1H3. The zero-order valence-electron chi connectivity index (χ0n) is 9.89. The van der Waals surface area contributed by atoms with Crippen LogP contribution in [0.15, 0.2) is 45.9 Å². The first kappa shape index (κ1) is 14.3. The van der Waals surface area contributed by atoms with E-state index in [1.807, 2.05) is 0 Å². The fourth-order valence-electron chi connectivity index (χ4n) is 1.48. The Morgan fingerprint density at radius 2 is 2.05 bits per heavy atom. The van der Waals surface area contributed by atoms with Crippen LogP contribution in [0.2, 0.25) is 5.02 Å². The first-order valence-electron chi connectivity index (χ1n) is 5.29. The molecule has 0 aliphatic heterocycles. The normalized spacial score (nSPS) is 11.3. The Balaban J connectivity index is 2.41. The van der Waals surface area contributed by atoms with E-state index in [1.165, 1.54) is 12.1 Å². The van der Waals surface area contributed by atoms with Crippen LogP contribution in [0.25, 0.3) is 0 Å². The molecule has 0 bridgehead atoms. The lowest BCUT2D eigenvalue weighted by Crippen LogP contribution is -2.14. The number of pyridine rings is 1. The third kappa shape index (κ3) is 3.26. The van der Waals surface area contributed by atoms with E-state index in [-0.39, 0.29) is 9.92 Å². The lowest BCUT2D eigenvalue weighted by molar-refractivity contribution is 0.601. The van der Waals surface area contributed by atoms with Gasteiger partial charge in [-0.05, 0) is 37.3 Å². The highest BCUT2D eigenvalue weighted by molar-refractivity contribution is 9.10. The largest absolute Gasteiger partial charge is 0.278 e. The Labute approximate surface area is 125 Å². The van der Waals surface area contributed by atoms with Gasteiger partial charge < -0.3 is 0 Å². The molecule has 1 heterocycles. The summed E-state index contributed by atoms with van der Waals surface area (Å²) in [5, 5.41) is 0.156. The summed E-state index contributed by atoms with van der Waals surface area (Å²) in [4.78, 5) is 4.05. The highest BCUT2D eigenvalue weighted by Crippen LogP contribution is 2.27. The van der Waals surface area contributed by atoms with Crippen molar-refractivity contribution >= 4 is 43.2 Å². The smallest absolute Gasteiger partial charge is 0.263 e. The molecule has 0 saturated carbocycles. The van der Waals surface area contributed by atoms with Crippen molar-refractivity contribution in [1.29, 1.82) is 0 Å². The van der Waals surface area contributed by atoms with E-state index >= 15 is 0 Å². The van der Waals surface area contributed by atoms with E-state index < -0.39 is 10.0 Å². The summed E-state index contributed by atoms with van der Waals surface area (Å²) in [6.07, 6.45) is 1.60. The Hall–Kier alpha value is -1.11. The molecule has 1 aromatic heterocycles. The van der Waals surface area contributed by atoms with Crippen LogP contribution >= 0.6 is 27.5 Å². The molecule has 0 saturated heterocycles.